The number of fused-ring (bicyclic) bond motifs is 1. The second-order valence-electron chi connectivity index (χ2n) is 3.55. The van der Waals surface area contributed by atoms with Crippen LogP contribution in [0.1, 0.15) is 17.9 Å². The van der Waals surface area contributed by atoms with Crippen LogP contribution < -0.4 is 5.32 Å². The molecule has 1 aliphatic heterocycles. The molecule has 0 aliphatic carbocycles. The van der Waals surface area contributed by atoms with Crippen LogP contribution in [0.5, 0.6) is 0 Å². The van der Waals surface area contributed by atoms with Gasteiger partial charge in [-0.25, -0.2) is 0 Å². The standard InChI is InChI=1S/C11H14BrNS/c1-13-6-5-8-7-14-10-4-2-3-9(12)11(8)10/h2-4,8,13H,5-7H2,1H3. The van der Waals surface area contributed by atoms with E-state index in [1.807, 2.05) is 18.8 Å². The topological polar surface area (TPSA) is 12.0 Å². The van der Waals surface area contributed by atoms with Crippen LogP contribution in [0.2, 0.25) is 0 Å². The molecule has 0 saturated carbocycles. The van der Waals surface area contributed by atoms with Crippen molar-refractivity contribution in [2.75, 3.05) is 19.3 Å². The molecule has 3 heteroatoms. The molecule has 0 saturated heterocycles. The lowest BCUT2D eigenvalue weighted by atomic mass is 9.98. The predicted octanol–water partition coefficient (Wildman–Crippen LogP) is 3.25. The zero-order chi connectivity index (χ0) is 9.97. The van der Waals surface area contributed by atoms with Crippen molar-refractivity contribution >= 4 is 27.7 Å². The largest absolute Gasteiger partial charge is 0.320 e. The Morgan fingerprint density at radius 1 is 1.57 bits per heavy atom. The average Bonchev–Trinajstić information content (AvgIpc) is 2.59. The van der Waals surface area contributed by atoms with Crippen LogP contribution in [0.4, 0.5) is 0 Å². The molecule has 1 unspecified atom stereocenters. The van der Waals surface area contributed by atoms with Crippen molar-refractivity contribution in [3.05, 3.63) is 28.2 Å². The fourth-order valence-electron chi connectivity index (χ4n) is 1.86. The summed E-state index contributed by atoms with van der Waals surface area (Å²) in [5.74, 6) is 1.96. The van der Waals surface area contributed by atoms with Gasteiger partial charge in [0, 0.05) is 15.1 Å². The lowest BCUT2D eigenvalue weighted by Gasteiger charge is -2.11. The van der Waals surface area contributed by atoms with Gasteiger partial charge < -0.3 is 5.32 Å². The summed E-state index contributed by atoms with van der Waals surface area (Å²) in [5, 5.41) is 3.22. The van der Waals surface area contributed by atoms with Gasteiger partial charge in [0.05, 0.1) is 0 Å². The molecular formula is C11H14BrNS. The molecule has 1 nitrogen and oxygen atoms in total. The van der Waals surface area contributed by atoms with Crippen molar-refractivity contribution in [3.63, 3.8) is 0 Å². The summed E-state index contributed by atoms with van der Waals surface area (Å²) in [5.41, 5.74) is 1.52. The molecule has 0 aromatic heterocycles. The highest BCUT2D eigenvalue weighted by molar-refractivity contribution is 9.10. The highest BCUT2D eigenvalue weighted by Gasteiger charge is 2.24. The molecule has 0 bridgehead atoms. The fraction of sp³-hybridized carbons (Fsp3) is 0.455. The number of halogens is 1. The molecule has 1 aromatic carbocycles. The third-order valence-electron chi connectivity index (χ3n) is 2.60. The summed E-state index contributed by atoms with van der Waals surface area (Å²) in [6.07, 6.45) is 1.24. The zero-order valence-corrected chi connectivity index (χ0v) is 10.6. The number of hydrogen-bond acceptors (Lipinski definition) is 2. The normalized spacial score (nSPS) is 19.7. The molecule has 0 amide bonds. The fourth-order valence-corrected chi connectivity index (χ4v) is 4.00. The van der Waals surface area contributed by atoms with Crippen molar-refractivity contribution in [2.45, 2.75) is 17.2 Å². The van der Waals surface area contributed by atoms with Gasteiger partial charge in [0.15, 0.2) is 0 Å². The summed E-state index contributed by atoms with van der Waals surface area (Å²) in [7, 11) is 2.02. The second kappa shape index (κ2) is 4.69. The van der Waals surface area contributed by atoms with E-state index in [1.54, 1.807) is 0 Å². The summed E-state index contributed by atoms with van der Waals surface area (Å²) >= 11 is 5.63. The minimum atomic E-state index is 0.720. The van der Waals surface area contributed by atoms with E-state index in [0.717, 1.165) is 12.5 Å². The van der Waals surface area contributed by atoms with Gasteiger partial charge in [0.2, 0.25) is 0 Å². The predicted molar refractivity (Wildman–Crippen MR) is 66.2 cm³/mol. The van der Waals surface area contributed by atoms with Gasteiger partial charge in [-0.05, 0) is 43.6 Å². The Kier molecular flexibility index (Phi) is 3.52. The minimum absolute atomic E-state index is 0.720. The van der Waals surface area contributed by atoms with Crippen molar-refractivity contribution in [1.82, 2.24) is 5.32 Å². The van der Waals surface area contributed by atoms with Crippen LogP contribution in [0, 0.1) is 0 Å². The van der Waals surface area contributed by atoms with E-state index in [0.29, 0.717) is 0 Å². The van der Waals surface area contributed by atoms with Gasteiger partial charge in [-0.2, -0.15) is 0 Å². The quantitative estimate of drug-likeness (QED) is 0.906. The third kappa shape index (κ3) is 2.00. The Morgan fingerprint density at radius 3 is 3.21 bits per heavy atom. The summed E-state index contributed by atoms with van der Waals surface area (Å²) in [4.78, 5) is 1.46. The van der Waals surface area contributed by atoms with Crippen LogP contribution in [-0.4, -0.2) is 19.3 Å². The molecule has 1 aromatic rings. The SMILES string of the molecule is CNCCC1CSc2cccc(Br)c21. The lowest BCUT2D eigenvalue weighted by molar-refractivity contribution is 0.642. The van der Waals surface area contributed by atoms with E-state index in [-0.39, 0.29) is 0 Å². The summed E-state index contributed by atoms with van der Waals surface area (Å²) < 4.78 is 1.28. The molecular weight excluding hydrogens is 258 g/mol. The Bertz CT molecular complexity index is 327. The zero-order valence-electron chi connectivity index (χ0n) is 8.22. The smallest absolute Gasteiger partial charge is 0.0221 e. The van der Waals surface area contributed by atoms with E-state index in [4.69, 9.17) is 0 Å². The first-order valence-corrected chi connectivity index (χ1v) is 6.66. The van der Waals surface area contributed by atoms with Crippen molar-refractivity contribution in [2.24, 2.45) is 0 Å². The molecule has 76 valence electrons. The maximum atomic E-state index is 3.65. The average molecular weight is 272 g/mol. The first-order chi connectivity index (χ1) is 6.83. The van der Waals surface area contributed by atoms with Crippen LogP contribution in [-0.2, 0) is 0 Å². The highest BCUT2D eigenvalue weighted by atomic mass is 79.9. The Hall–Kier alpha value is 0.01000. The highest BCUT2D eigenvalue weighted by Crippen LogP contribution is 2.44. The second-order valence-corrected chi connectivity index (χ2v) is 5.47. The van der Waals surface area contributed by atoms with E-state index < -0.39 is 0 Å². The number of hydrogen-bond donors (Lipinski definition) is 1. The van der Waals surface area contributed by atoms with Crippen LogP contribution >= 0.6 is 27.7 Å². The molecule has 14 heavy (non-hydrogen) atoms. The molecule has 1 heterocycles. The summed E-state index contributed by atoms with van der Waals surface area (Å²) in [6, 6.07) is 6.50. The van der Waals surface area contributed by atoms with Crippen LogP contribution in [0.3, 0.4) is 0 Å². The van der Waals surface area contributed by atoms with E-state index >= 15 is 0 Å². The molecule has 0 spiro atoms. The number of rotatable bonds is 3. The molecule has 1 atom stereocenters. The van der Waals surface area contributed by atoms with Gasteiger partial charge in [-0.1, -0.05) is 22.0 Å². The number of benzene rings is 1. The van der Waals surface area contributed by atoms with Gasteiger partial charge in [0.25, 0.3) is 0 Å². The Balaban J connectivity index is 2.20. The first-order valence-electron chi connectivity index (χ1n) is 4.88. The lowest BCUT2D eigenvalue weighted by Crippen LogP contribution is -2.12. The van der Waals surface area contributed by atoms with Crippen molar-refractivity contribution < 1.29 is 0 Å². The van der Waals surface area contributed by atoms with Crippen molar-refractivity contribution in [1.29, 1.82) is 0 Å². The molecule has 0 fully saturated rings. The summed E-state index contributed by atoms with van der Waals surface area (Å²) in [6.45, 7) is 1.10. The van der Waals surface area contributed by atoms with Gasteiger partial charge in [-0.15, -0.1) is 11.8 Å². The van der Waals surface area contributed by atoms with E-state index in [1.165, 1.54) is 27.1 Å². The monoisotopic (exact) mass is 271 g/mol. The minimum Gasteiger partial charge on any atom is -0.320 e. The van der Waals surface area contributed by atoms with E-state index in [9.17, 15) is 0 Å². The molecule has 2 rings (SSSR count). The molecule has 1 aliphatic rings. The van der Waals surface area contributed by atoms with Crippen LogP contribution in [0.15, 0.2) is 27.6 Å². The van der Waals surface area contributed by atoms with Gasteiger partial charge in [0.1, 0.15) is 0 Å². The van der Waals surface area contributed by atoms with Crippen molar-refractivity contribution in [3.8, 4) is 0 Å². The van der Waals surface area contributed by atoms with Gasteiger partial charge in [-0.3, -0.25) is 0 Å². The molecule has 0 radical (unpaired) electrons. The van der Waals surface area contributed by atoms with Crippen LogP contribution in [0.25, 0.3) is 0 Å². The Labute approximate surface area is 97.8 Å². The first kappa shape index (κ1) is 10.5. The Morgan fingerprint density at radius 2 is 2.43 bits per heavy atom. The third-order valence-corrected chi connectivity index (χ3v) is 4.53. The van der Waals surface area contributed by atoms with Gasteiger partial charge >= 0.3 is 0 Å². The number of thioether (sulfide) groups is 1. The van der Waals surface area contributed by atoms with E-state index in [2.05, 4.69) is 39.4 Å². The number of nitrogens with one attached hydrogen (secondary N) is 1. The maximum absolute atomic E-state index is 3.65. The molecule has 1 N–H and O–H groups in total. The maximum Gasteiger partial charge on any atom is 0.0221 e.